The fourth-order valence-electron chi connectivity index (χ4n) is 4.17. The lowest BCUT2D eigenvalue weighted by molar-refractivity contribution is -0.485. The van der Waals surface area contributed by atoms with Gasteiger partial charge in [-0.3, -0.25) is 9.59 Å². The SMILES string of the molecule is CNC(=O)Nc1ccc(CNC(=O)[C@@H](CCCNC(N)=N[N+](=O)[O-])NC(=O)C(c2ccccc2)c2ccccc2)cc1. The molecular weight excluding hydrogens is 540 g/mol. The number of urea groups is 1. The normalized spacial score (nSPS) is 11.7. The Kier molecular flexibility index (Phi) is 11.8. The Labute approximate surface area is 243 Å². The fourth-order valence-corrected chi connectivity index (χ4v) is 4.17. The lowest BCUT2D eigenvalue weighted by atomic mass is 9.90. The summed E-state index contributed by atoms with van der Waals surface area (Å²) in [7, 11) is 1.52. The van der Waals surface area contributed by atoms with Crippen molar-refractivity contribution in [3.8, 4) is 0 Å². The summed E-state index contributed by atoms with van der Waals surface area (Å²) in [5, 5.41) is 26.1. The number of nitrogens with one attached hydrogen (secondary N) is 5. The molecule has 3 aromatic carbocycles. The van der Waals surface area contributed by atoms with E-state index in [1.54, 1.807) is 24.3 Å². The molecule has 0 saturated heterocycles. The number of nitro groups is 1. The molecule has 0 aliphatic rings. The highest BCUT2D eigenvalue weighted by atomic mass is 16.7. The molecule has 1 atom stereocenters. The van der Waals surface area contributed by atoms with E-state index in [0.717, 1.165) is 16.7 Å². The minimum Gasteiger partial charge on any atom is -0.365 e. The molecule has 13 nitrogen and oxygen atoms in total. The molecular formula is C29H34N8O5. The number of carbonyl (C=O) groups excluding carboxylic acids is 3. The Hall–Kier alpha value is -5.46. The molecule has 3 rings (SSSR count). The first-order valence-electron chi connectivity index (χ1n) is 13.2. The van der Waals surface area contributed by atoms with Gasteiger partial charge in [-0.25, -0.2) is 14.9 Å². The van der Waals surface area contributed by atoms with Gasteiger partial charge in [0.05, 0.1) is 5.92 Å². The molecule has 0 heterocycles. The van der Waals surface area contributed by atoms with Crippen LogP contribution in [0.3, 0.4) is 0 Å². The van der Waals surface area contributed by atoms with Crippen molar-refractivity contribution in [2.75, 3.05) is 18.9 Å². The van der Waals surface area contributed by atoms with E-state index in [-0.39, 0.29) is 37.4 Å². The lowest BCUT2D eigenvalue weighted by Crippen LogP contribution is -2.48. The maximum absolute atomic E-state index is 13.7. The van der Waals surface area contributed by atoms with Crippen LogP contribution in [-0.2, 0) is 16.1 Å². The molecule has 13 heteroatoms. The molecule has 7 N–H and O–H groups in total. The Morgan fingerprint density at radius 1 is 0.881 bits per heavy atom. The molecule has 42 heavy (non-hydrogen) atoms. The molecule has 0 aromatic heterocycles. The number of rotatable bonds is 13. The van der Waals surface area contributed by atoms with Gasteiger partial charge in [-0.05, 0) is 41.7 Å². The van der Waals surface area contributed by atoms with Crippen LogP contribution in [0.5, 0.6) is 0 Å². The summed E-state index contributed by atoms with van der Waals surface area (Å²) in [5.74, 6) is -1.75. The number of nitrogens with zero attached hydrogens (tertiary/aromatic N) is 2. The quantitative estimate of drug-likeness (QED) is 0.0592. The standard InChI is InChI=1S/C29H34N8O5/c1-31-29(40)34-23-16-14-20(15-17-23)19-33-26(38)24(13-8-18-32-28(30)36-37(41)42)35-27(39)25(21-9-4-2-5-10-21)22-11-6-3-7-12-22/h2-7,9-12,14-17,24-25H,8,13,18-19H2,1H3,(H,33,38)(H,35,39)(H3,30,32,36)(H2,31,34,40)/t24-/m1/s1. The summed E-state index contributed by atoms with van der Waals surface area (Å²) in [6.45, 7) is 0.385. The average molecular weight is 575 g/mol. The van der Waals surface area contributed by atoms with Crippen LogP contribution in [0, 0.1) is 10.1 Å². The molecule has 220 valence electrons. The van der Waals surface area contributed by atoms with Crippen molar-refractivity contribution in [3.63, 3.8) is 0 Å². The summed E-state index contributed by atoms with van der Waals surface area (Å²) in [6, 6.07) is 24.2. The van der Waals surface area contributed by atoms with E-state index in [2.05, 4.69) is 31.7 Å². The maximum atomic E-state index is 13.7. The van der Waals surface area contributed by atoms with Crippen LogP contribution in [0.15, 0.2) is 90.0 Å². The van der Waals surface area contributed by atoms with Crippen molar-refractivity contribution in [1.82, 2.24) is 21.3 Å². The zero-order valence-electron chi connectivity index (χ0n) is 23.1. The first kappa shape index (κ1) is 31.1. The van der Waals surface area contributed by atoms with Crippen molar-refractivity contribution in [3.05, 3.63) is 112 Å². The zero-order chi connectivity index (χ0) is 30.3. The van der Waals surface area contributed by atoms with Gasteiger partial charge in [0.2, 0.25) is 11.8 Å². The summed E-state index contributed by atoms with van der Waals surface area (Å²) < 4.78 is 0. The number of carbonyl (C=O) groups is 3. The van der Waals surface area contributed by atoms with Crippen LogP contribution in [0.4, 0.5) is 10.5 Å². The third kappa shape index (κ3) is 9.93. The highest BCUT2D eigenvalue weighted by Crippen LogP contribution is 2.25. The number of hydrogen-bond acceptors (Lipinski definition) is 5. The molecule has 0 saturated carbocycles. The molecule has 0 fully saturated rings. The summed E-state index contributed by atoms with van der Waals surface area (Å²) >= 11 is 0. The molecule has 4 amide bonds. The zero-order valence-corrected chi connectivity index (χ0v) is 23.1. The number of amides is 4. The first-order valence-corrected chi connectivity index (χ1v) is 13.2. The maximum Gasteiger partial charge on any atom is 0.318 e. The van der Waals surface area contributed by atoms with Gasteiger partial charge in [0.15, 0.2) is 5.03 Å². The van der Waals surface area contributed by atoms with E-state index in [1.807, 2.05) is 60.7 Å². The van der Waals surface area contributed by atoms with Crippen LogP contribution >= 0.6 is 0 Å². The van der Waals surface area contributed by atoms with Gasteiger partial charge in [0.1, 0.15) is 11.1 Å². The molecule has 0 radical (unpaired) electrons. The molecule has 0 bridgehead atoms. The minimum atomic E-state index is -0.909. The third-order valence-electron chi connectivity index (χ3n) is 6.23. The molecule has 0 spiro atoms. The van der Waals surface area contributed by atoms with Crippen molar-refractivity contribution in [2.45, 2.75) is 31.3 Å². The third-order valence-corrected chi connectivity index (χ3v) is 6.23. The van der Waals surface area contributed by atoms with Crippen LogP contribution in [0.2, 0.25) is 0 Å². The van der Waals surface area contributed by atoms with Crippen molar-refractivity contribution < 1.29 is 19.4 Å². The number of anilines is 1. The molecule has 0 aliphatic carbocycles. The van der Waals surface area contributed by atoms with Gasteiger partial charge in [0, 0.05) is 25.8 Å². The second-order valence-corrected chi connectivity index (χ2v) is 9.23. The van der Waals surface area contributed by atoms with Crippen molar-refractivity contribution in [2.24, 2.45) is 10.8 Å². The summed E-state index contributed by atoms with van der Waals surface area (Å²) in [6.07, 6.45) is 0.578. The lowest BCUT2D eigenvalue weighted by Gasteiger charge is -2.23. The fraction of sp³-hybridized carbons (Fsp3) is 0.241. The molecule has 0 aliphatic heterocycles. The van der Waals surface area contributed by atoms with Crippen molar-refractivity contribution >= 4 is 29.5 Å². The Morgan fingerprint density at radius 3 is 2.02 bits per heavy atom. The van der Waals surface area contributed by atoms with Crippen LogP contribution in [0.1, 0.15) is 35.4 Å². The summed E-state index contributed by atoms with van der Waals surface area (Å²) in [4.78, 5) is 49.0. The predicted molar refractivity (Wildman–Crippen MR) is 159 cm³/mol. The monoisotopic (exact) mass is 574 g/mol. The second kappa shape index (κ2) is 16.0. The van der Waals surface area contributed by atoms with Crippen LogP contribution in [0.25, 0.3) is 0 Å². The number of nitrogens with two attached hydrogens (primary N) is 1. The van der Waals surface area contributed by atoms with Gasteiger partial charge in [0.25, 0.3) is 5.96 Å². The number of hydrogen-bond donors (Lipinski definition) is 6. The number of hydrazone groups is 1. The highest BCUT2D eigenvalue weighted by molar-refractivity contribution is 5.92. The van der Waals surface area contributed by atoms with Gasteiger partial charge >= 0.3 is 6.03 Å². The van der Waals surface area contributed by atoms with E-state index in [9.17, 15) is 24.5 Å². The Bertz CT molecular complexity index is 1330. The molecule has 3 aromatic rings. The smallest absolute Gasteiger partial charge is 0.318 e. The Balaban J connectivity index is 1.73. The van der Waals surface area contributed by atoms with Crippen LogP contribution < -0.4 is 32.3 Å². The molecule has 0 unspecified atom stereocenters. The minimum absolute atomic E-state index is 0.187. The predicted octanol–water partition coefficient (Wildman–Crippen LogP) is 2.25. The topological polar surface area (TPSA) is 193 Å². The van der Waals surface area contributed by atoms with E-state index in [4.69, 9.17) is 5.73 Å². The van der Waals surface area contributed by atoms with E-state index < -0.39 is 22.9 Å². The highest BCUT2D eigenvalue weighted by Gasteiger charge is 2.27. The number of guanidine groups is 1. The van der Waals surface area contributed by atoms with E-state index >= 15 is 0 Å². The van der Waals surface area contributed by atoms with Gasteiger partial charge in [-0.2, -0.15) is 0 Å². The average Bonchev–Trinajstić information content (AvgIpc) is 2.99. The van der Waals surface area contributed by atoms with E-state index in [0.29, 0.717) is 12.1 Å². The largest absolute Gasteiger partial charge is 0.365 e. The Morgan fingerprint density at radius 2 is 1.48 bits per heavy atom. The number of benzene rings is 3. The van der Waals surface area contributed by atoms with Gasteiger partial charge < -0.3 is 32.3 Å². The van der Waals surface area contributed by atoms with Crippen molar-refractivity contribution in [1.29, 1.82) is 0 Å². The first-order chi connectivity index (χ1) is 20.3. The van der Waals surface area contributed by atoms with E-state index in [1.165, 1.54) is 7.05 Å². The van der Waals surface area contributed by atoms with Crippen LogP contribution in [-0.4, -0.2) is 48.5 Å². The van der Waals surface area contributed by atoms with Gasteiger partial charge in [-0.15, -0.1) is 0 Å². The van der Waals surface area contributed by atoms with Gasteiger partial charge in [-0.1, -0.05) is 72.8 Å². The summed E-state index contributed by atoms with van der Waals surface area (Å²) in [5.41, 5.74) is 8.41. The second-order valence-electron chi connectivity index (χ2n) is 9.23.